The number of para-hydroxylation sites is 1. The first-order valence-corrected chi connectivity index (χ1v) is 6.79. The third-order valence-electron chi connectivity index (χ3n) is 3.20. The summed E-state index contributed by atoms with van der Waals surface area (Å²) >= 11 is 0. The summed E-state index contributed by atoms with van der Waals surface area (Å²) in [5.74, 6) is 0.576. The number of pyridine rings is 1. The van der Waals surface area contributed by atoms with Crippen molar-refractivity contribution in [3.8, 4) is 0 Å². The number of hydrogen-bond acceptors (Lipinski definition) is 3. The van der Waals surface area contributed by atoms with Gasteiger partial charge in [0.2, 0.25) is 0 Å². The predicted molar refractivity (Wildman–Crippen MR) is 80.8 cm³/mol. The second-order valence-corrected chi connectivity index (χ2v) is 4.71. The van der Waals surface area contributed by atoms with E-state index in [1.165, 1.54) is 6.07 Å². The van der Waals surface area contributed by atoms with Crippen LogP contribution in [0, 0.1) is 12.7 Å². The minimum atomic E-state index is -0.227. The highest BCUT2D eigenvalue weighted by Gasteiger charge is 2.15. The summed E-state index contributed by atoms with van der Waals surface area (Å²) in [6, 6.07) is 8.88. The normalized spacial score (nSPS) is 10.6. The molecule has 0 aliphatic carbocycles. The van der Waals surface area contributed by atoms with E-state index in [9.17, 15) is 4.39 Å². The number of aryl methyl sites for hydroxylation is 1. The van der Waals surface area contributed by atoms with Crippen LogP contribution >= 0.6 is 0 Å². The third kappa shape index (κ3) is 2.96. The van der Waals surface area contributed by atoms with E-state index in [1.54, 1.807) is 12.1 Å². The van der Waals surface area contributed by atoms with Gasteiger partial charge in [-0.25, -0.2) is 9.37 Å². The number of aromatic nitrogens is 1. The summed E-state index contributed by atoms with van der Waals surface area (Å²) in [6.07, 6.45) is 1.84. The molecule has 0 atom stereocenters. The molecule has 0 aliphatic rings. The van der Waals surface area contributed by atoms with Crippen LogP contribution in [0.1, 0.15) is 18.1 Å². The van der Waals surface area contributed by atoms with Crippen LogP contribution in [-0.2, 0) is 6.54 Å². The molecule has 0 amide bonds. The Labute approximate surface area is 119 Å². The lowest BCUT2D eigenvalue weighted by Crippen LogP contribution is -2.20. The minimum absolute atomic E-state index is 0.227. The molecule has 0 saturated heterocycles. The SMILES string of the molecule is CCN(c1ccccc1F)c1ncc(CNC)cc1C. The van der Waals surface area contributed by atoms with E-state index in [2.05, 4.69) is 16.4 Å². The first kappa shape index (κ1) is 14.5. The van der Waals surface area contributed by atoms with Crippen molar-refractivity contribution >= 4 is 11.5 Å². The summed E-state index contributed by atoms with van der Waals surface area (Å²) in [7, 11) is 1.90. The Morgan fingerprint density at radius 3 is 2.65 bits per heavy atom. The van der Waals surface area contributed by atoms with E-state index in [-0.39, 0.29) is 5.82 Å². The van der Waals surface area contributed by atoms with Crippen molar-refractivity contribution in [3.63, 3.8) is 0 Å². The van der Waals surface area contributed by atoms with Crippen LogP contribution in [0.3, 0.4) is 0 Å². The van der Waals surface area contributed by atoms with Crippen molar-refractivity contribution in [1.29, 1.82) is 0 Å². The molecule has 0 bridgehead atoms. The molecule has 0 spiro atoms. The Morgan fingerprint density at radius 1 is 1.30 bits per heavy atom. The molecule has 106 valence electrons. The second kappa shape index (κ2) is 6.48. The van der Waals surface area contributed by atoms with E-state index >= 15 is 0 Å². The highest BCUT2D eigenvalue weighted by Crippen LogP contribution is 2.28. The third-order valence-corrected chi connectivity index (χ3v) is 3.20. The van der Waals surface area contributed by atoms with Crippen LogP contribution in [0.25, 0.3) is 0 Å². The molecule has 4 heteroatoms. The van der Waals surface area contributed by atoms with Gasteiger partial charge in [-0.05, 0) is 50.2 Å². The summed E-state index contributed by atoms with van der Waals surface area (Å²) in [5.41, 5.74) is 2.73. The van der Waals surface area contributed by atoms with Crippen LogP contribution in [0.15, 0.2) is 36.5 Å². The number of nitrogens with one attached hydrogen (secondary N) is 1. The average molecular weight is 273 g/mol. The van der Waals surface area contributed by atoms with Gasteiger partial charge in [-0.2, -0.15) is 0 Å². The molecular formula is C16H20FN3. The number of halogens is 1. The fourth-order valence-corrected chi connectivity index (χ4v) is 2.31. The van der Waals surface area contributed by atoms with E-state index < -0.39 is 0 Å². The number of anilines is 2. The van der Waals surface area contributed by atoms with Gasteiger partial charge >= 0.3 is 0 Å². The summed E-state index contributed by atoms with van der Waals surface area (Å²) in [5, 5.41) is 3.10. The molecule has 3 nitrogen and oxygen atoms in total. The van der Waals surface area contributed by atoms with Gasteiger partial charge in [-0.3, -0.25) is 0 Å². The second-order valence-electron chi connectivity index (χ2n) is 4.71. The molecule has 0 radical (unpaired) electrons. The van der Waals surface area contributed by atoms with E-state index in [0.717, 1.165) is 23.5 Å². The van der Waals surface area contributed by atoms with Gasteiger partial charge < -0.3 is 10.2 Å². The fraction of sp³-hybridized carbons (Fsp3) is 0.312. The zero-order valence-electron chi connectivity index (χ0n) is 12.2. The smallest absolute Gasteiger partial charge is 0.146 e. The summed E-state index contributed by atoms with van der Waals surface area (Å²) in [4.78, 5) is 6.40. The number of hydrogen-bond donors (Lipinski definition) is 1. The number of rotatable bonds is 5. The molecule has 1 aromatic carbocycles. The Morgan fingerprint density at radius 2 is 2.05 bits per heavy atom. The maximum absolute atomic E-state index is 14.0. The van der Waals surface area contributed by atoms with Crippen molar-refractivity contribution in [3.05, 3.63) is 53.5 Å². The Kier molecular flexibility index (Phi) is 4.69. The van der Waals surface area contributed by atoms with Crippen molar-refractivity contribution in [1.82, 2.24) is 10.3 Å². The zero-order valence-corrected chi connectivity index (χ0v) is 12.2. The Bertz CT molecular complexity index is 584. The quantitative estimate of drug-likeness (QED) is 0.905. The monoisotopic (exact) mass is 273 g/mol. The maximum atomic E-state index is 14.0. The van der Waals surface area contributed by atoms with E-state index in [1.807, 2.05) is 38.1 Å². The van der Waals surface area contributed by atoms with E-state index in [0.29, 0.717) is 12.2 Å². The lowest BCUT2D eigenvalue weighted by Gasteiger charge is -2.24. The molecule has 1 heterocycles. The average Bonchev–Trinajstić information content (AvgIpc) is 2.44. The Hall–Kier alpha value is -1.94. The van der Waals surface area contributed by atoms with Gasteiger partial charge in [0.1, 0.15) is 11.6 Å². The fourth-order valence-electron chi connectivity index (χ4n) is 2.31. The van der Waals surface area contributed by atoms with Gasteiger partial charge in [-0.15, -0.1) is 0 Å². The lowest BCUT2D eigenvalue weighted by molar-refractivity contribution is 0.625. The largest absolute Gasteiger partial charge is 0.324 e. The van der Waals surface area contributed by atoms with Crippen LogP contribution in [0.5, 0.6) is 0 Å². The molecule has 2 aromatic rings. The van der Waals surface area contributed by atoms with Crippen LogP contribution < -0.4 is 10.2 Å². The molecule has 2 rings (SSSR count). The molecular weight excluding hydrogens is 253 g/mol. The minimum Gasteiger partial charge on any atom is -0.324 e. The maximum Gasteiger partial charge on any atom is 0.146 e. The van der Waals surface area contributed by atoms with Crippen LogP contribution in [-0.4, -0.2) is 18.6 Å². The summed E-state index contributed by atoms with van der Waals surface area (Å²) in [6.45, 7) is 5.44. The zero-order chi connectivity index (χ0) is 14.5. The lowest BCUT2D eigenvalue weighted by atomic mass is 10.1. The predicted octanol–water partition coefficient (Wildman–Crippen LogP) is 3.41. The van der Waals surface area contributed by atoms with E-state index in [4.69, 9.17) is 0 Å². The standard InChI is InChI=1S/C16H20FN3/c1-4-20(15-8-6-5-7-14(15)17)16-12(2)9-13(10-18-3)11-19-16/h5-9,11,18H,4,10H2,1-3H3. The number of benzene rings is 1. The highest BCUT2D eigenvalue weighted by atomic mass is 19.1. The summed E-state index contributed by atoms with van der Waals surface area (Å²) < 4.78 is 14.0. The topological polar surface area (TPSA) is 28.2 Å². The number of nitrogens with zero attached hydrogens (tertiary/aromatic N) is 2. The van der Waals surface area contributed by atoms with Crippen LogP contribution in [0.2, 0.25) is 0 Å². The molecule has 0 saturated carbocycles. The van der Waals surface area contributed by atoms with Gasteiger partial charge in [0.15, 0.2) is 0 Å². The van der Waals surface area contributed by atoms with Crippen molar-refractivity contribution in [2.45, 2.75) is 20.4 Å². The van der Waals surface area contributed by atoms with Gasteiger partial charge in [-0.1, -0.05) is 12.1 Å². The molecule has 1 N–H and O–H groups in total. The van der Waals surface area contributed by atoms with Crippen LogP contribution in [0.4, 0.5) is 15.9 Å². The first-order chi connectivity index (χ1) is 9.67. The van der Waals surface area contributed by atoms with Gasteiger partial charge in [0.05, 0.1) is 5.69 Å². The Balaban J connectivity index is 2.40. The molecule has 0 aliphatic heterocycles. The van der Waals surface area contributed by atoms with Crippen molar-refractivity contribution in [2.75, 3.05) is 18.5 Å². The van der Waals surface area contributed by atoms with Gasteiger partial charge in [0, 0.05) is 19.3 Å². The van der Waals surface area contributed by atoms with Crippen molar-refractivity contribution < 1.29 is 4.39 Å². The molecule has 0 unspecified atom stereocenters. The molecule has 20 heavy (non-hydrogen) atoms. The van der Waals surface area contributed by atoms with Gasteiger partial charge in [0.25, 0.3) is 0 Å². The highest BCUT2D eigenvalue weighted by molar-refractivity contribution is 5.63. The molecule has 0 fully saturated rings. The van der Waals surface area contributed by atoms with Crippen molar-refractivity contribution in [2.24, 2.45) is 0 Å². The first-order valence-electron chi connectivity index (χ1n) is 6.79. The molecule has 1 aromatic heterocycles.